The molecule has 11 nitrogen and oxygen atoms in total. The minimum Gasteiger partial charge on any atom is -0.453 e. The number of anilines is 1. The monoisotopic (exact) mass is 700 g/mol. The summed E-state index contributed by atoms with van der Waals surface area (Å²) >= 11 is 6.42. The van der Waals surface area contributed by atoms with Gasteiger partial charge in [0.15, 0.2) is 0 Å². The van der Waals surface area contributed by atoms with Crippen LogP contribution in [0.5, 0.6) is 0 Å². The summed E-state index contributed by atoms with van der Waals surface area (Å²) in [5.41, 5.74) is 2.31. The van der Waals surface area contributed by atoms with Crippen LogP contribution in [-0.2, 0) is 18.9 Å². The van der Waals surface area contributed by atoms with Crippen molar-refractivity contribution in [3.05, 3.63) is 64.2 Å². The number of carbonyl (C=O) groups excluding carboxylic acids is 3. The molecule has 2 aromatic rings. The number of carbonyl (C=O) groups is 3. The molecule has 2 unspecified atom stereocenters. The van der Waals surface area contributed by atoms with Crippen molar-refractivity contribution in [3.8, 4) is 0 Å². The lowest BCUT2D eigenvalue weighted by Crippen LogP contribution is -2.46. The molecule has 2 fully saturated rings. The van der Waals surface area contributed by atoms with Crippen molar-refractivity contribution in [2.24, 2.45) is 5.92 Å². The fourth-order valence-electron chi connectivity index (χ4n) is 6.40. The van der Waals surface area contributed by atoms with Gasteiger partial charge in [-0.1, -0.05) is 55.8 Å². The van der Waals surface area contributed by atoms with Gasteiger partial charge in [-0.05, 0) is 74.6 Å². The Bertz CT molecular complexity index is 1390. The van der Waals surface area contributed by atoms with E-state index in [0.29, 0.717) is 49.4 Å². The molecule has 1 saturated carbocycles. The molecule has 1 saturated heterocycles. The summed E-state index contributed by atoms with van der Waals surface area (Å²) in [5.74, 6) is 0.243. The van der Waals surface area contributed by atoms with Gasteiger partial charge in [0.25, 0.3) is 5.91 Å². The second kappa shape index (κ2) is 18.5. The number of alkyl carbamates (subject to hydrolysis) is 1. The number of nitrogens with one attached hydrogen (secondary N) is 2. The average Bonchev–Trinajstić information content (AvgIpc) is 3.08. The SMILES string of the molecule is COC(=O)NCCOC(c1cccc(Cl)c1)c1cc(C(=O)NC(CC2CCCCC2)CN(C)C(=O)OC(C)(C)C)cc(N2CCOCC2)c1. The number of likely N-dealkylation sites (N-methyl/N-ethyl adjacent to an activating group) is 1. The van der Waals surface area contributed by atoms with Crippen LogP contribution in [0, 0.1) is 5.92 Å². The molecule has 4 rings (SSSR count). The number of hydrogen-bond acceptors (Lipinski definition) is 8. The first kappa shape index (κ1) is 38.3. The third-order valence-electron chi connectivity index (χ3n) is 8.75. The number of benzene rings is 2. The lowest BCUT2D eigenvalue weighted by Gasteiger charge is -2.32. The maximum atomic E-state index is 14.2. The van der Waals surface area contributed by atoms with E-state index < -0.39 is 23.9 Å². The maximum Gasteiger partial charge on any atom is 0.410 e. The van der Waals surface area contributed by atoms with Crippen LogP contribution in [0.1, 0.15) is 86.9 Å². The Morgan fingerprint density at radius 3 is 2.45 bits per heavy atom. The van der Waals surface area contributed by atoms with Crippen molar-refractivity contribution >= 4 is 35.4 Å². The highest BCUT2D eigenvalue weighted by molar-refractivity contribution is 6.30. The van der Waals surface area contributed by atoms with Gasteiger partial charge in [-0.15, -0.1) is 0 Å². The zero-order valence-corrected chi connectivity index (χ0v) is 30.4. The van der Waals surface area contributed by atoms with Gasteiger partial charge in [-0.2, -0.15) is 0 Å². The van der Waals surface area contributed by atoms with E-state index in [-0.39, 0.29) is 25.1 Å². The lowest BCUT2D eigenvalue weighted by molar-refractivity contribution is 0.0274. The van der Waals surface area contributed by atoms with Crippen molar-refractivity contribution in [2.75, 3.05) is 65.1 Å². The van der Waals surface area contributed by atoms with E-state index in [0.717, 1.165) is 36.1 Å². The van der Waals surface area contributed by atoms with E-state index >= 15 is 0 Å². The third-order valence-corrected chi connectivity index (χ3v) is 8.99. The van der Waals surface area contributed by atoms with Gasteiger partial charge >= 0.3 is 12.2 Å². The Hall–Kier alpha value is -3.54. The molecule has 3 amide bonds. The van der Waals surface area contributed by atoms with Crippen molar-refractivity contribution in [1.82, 2.24) is 15.5 Å². The molecule has 2 atom stereocenters. The predicted octanol–water partition coefficient (Wildman–Crippen LogP) is 6.57. The average molecular weight is 701 g/mol. The summed E-state index contributed by atoms with van der Waals surface area (Å²) in [6, 6.07) is 13.0. The van der Waals surface area contributed by atoms with Gasteiger partial charge in [0.1, 0.15) is 11.7 Å². The first-order valence-corrected chi connectivity index (χ1v) is 17.7. The van der Waals surface area contributed by atoms with Gasteiger partial charge < -0.3 is 39.4 Å². The molecule has 49 heavy (non-hydrogen) atoms. The highest BCUT2D eigenvalue weighted by Gasteiger charge is 2.27. The predicted molar refractivity (Wildman–Crippen MR) is 190 cm³/mol. The maximum absolute atomic E-state index is 14.2. The van der Waals surface area contributed by atoms with E-state index in [2.05, 4.69) is 15.5 Å². The van der Waals surface area contributed by atoms with Gasteiger partial charge in [0.05, 0.1) is 26.9 Å². The van der Waals surface area contributed by atoms with Crippen LogP contribution in [0.25, 0.3) is 0 Å². The molecular formula is C37H53ClN4O7. The summed E-state index contributed by atoms with van der Waals surface area (Å²) in [5, 5.41) is 6.50. The van der Waals surface area contributed by atoms with Crippen LogP contribution >= 0.6 is 11.6 Å². The normalized spacial score (nSPS) is 16.7. The standard InChI is InChI=1S/C37H53ClN4O7/c1-37(2,3)49-36(45)41(4)25-31(20-26-10-7-6-8-11-26)40-34(43)29-21-28(23-32(24-29)42-15-18-47-19-16-42)33(27-12-9-13-30(38)22-27)48-17-14-39-35(44)46-5/h9,12-13,21-24,26,31,33H,6-8,10-11,14-20,25H2,1-5H3,(H,39,44)(H,40,43). The Kier molecular flexibility index (Phi) is 14.4. The van der Waals surface area contributed by atoms with E-state index in [1.165, 1.54) is 26.4 Å². The van der Waals surface area contributed by atoms with Crippen molar-refractivity contribution < 1.29 is 33.3 Å². The summed E-state index contributed by atoms with van der Waals surface area (Å²) < 4.78 is 22.3. The molecule has 1 aliphatic carbocycles. The first-order valence-electron chi connectivity index (χ1n) is 17.3. The molecule has 2 N–H and O–H groups in total. The van der Waals surface area contributed by atoms with E-state index in [4.69, 9.17) is 30.5 Å². The van der Waals surface area contributed by atoms with Crippen LogP contribution in [0.4, 0.5) is 15.3 Å². The van der Waals surface area contributed by atoms with Crippen molar-refractivity contribution in [2.45, 2.75) is 77.0 Å². The lowest BCUT2D eigenvalue weighted by atomic mass is 9.84. The molecule has 0 aromatic heterocycles. The Labute approximate surface area is 295 Å². The van der Waals surface area contributed by atoms with Crippen LogP contribution in [0.3, 0.4) is 0 Å². The number of ether oxygens (including phenoxy) is 4. The highest BCUT2D eigenvalue weighted by atomic mass is 35.5. The fourth-order valence-corrected chi connectivity index (χ4v) is 6.59. The first-order chi connectivity index (χ1) is 23.4. The minimum absolute atomic E-state index is 0.191. The molecule has 0 spiro atoms. The second-order valence-electron chi connectivity index (χ2n) is 13.9. The van der Waals surface area contributed by atoms with Gasteiger partial charge in [-0.25, -0.2) is 9.59 Å². The number of nitrogens with zero attached hydrogens (tertiary/aromatic N) is 2. The molecule has 2 aliphatic rings. The smallest absolute Gasteiger partial charge is 0.410 e. The molecule has 1 aliphatic heterocycles. The van der Waals surface area contributed by atoms with E-state index in [9.17, 15) is 14.4 Å². The highest BCUT2D eigenvalue weighted by Crippen LogP contribution is 2.33. The molecule has 0 radical (unpaired) electrons. The summed E-state index contributed by atoms with van der Waals surface area (Å²) in [4.78, 5) is 42.6. The van der Waals surface area contributed by atoms with Crippen LogP contribution < -0.4 is 15.5 Å². The summed E-state index contributed by atoms with van der Waals surface area (Å²) in [6.07, 6.45) is 5.04. The molecular weight excluding hydrogens is 648 g/mol. The second-order valence-corrected chi connectivity index (χ2v) is 14.3. The summed E-state index contributed by atoms with van der Waals surface area (Å²) in [7, 11) is 3.03. The number of rotatable bonds is 13. The van der Waals surface area contributed by atoms with Gasteiger partial charge in [0, 0.05) is 55.5 Å². The quantitative estimate of drug-likeness (QED) is 0.225. The zero-order valence-electron chi connectivity index (χ0n) is 29.6. The molecule has 2 aromatic carbocycles. The number of amides is 3. The molecule has 270 valence electrons. The number of hydrogen-bond donors (Lipinski definition) is 2. The zero-order chi connectivity index (χ0) is 35.4. The fraction of sp³-hybridized carbons (Fsp3) is 0.595. The Morgan fingerprint density at radius 1 is 1.04 bits per heavy atom. The van der Waals surface area contributed by atoms with Gasteiger partial charge in [0.2, 0.25) is 0 Å². The van der Waals surface area contributed by atoms with Crippen molar-refractivity contribution in [3.63, 3.8) is 0 Å². The largest absolute Gasteiger partial charge is 0.453 e. The minimum atomic E-state index is -0.624. The van der Waals surface area contributed by atoms with Crippen LogP contribution in [0.15, 0.2) is 42.5 Å². The number of halogens is 1. The van der Waals surface area contributed by atoms with E-state index in [1.54, 1.807) is 18.0 Å². The van der Waals surface area contributed by atoms with Crippen LogP contribution in [-0.4, -0.2) is 94.8 Å². The Balaban J connectivity index is 1.65. The summed E-state index contributed by atoms with van der Waals surface area (Å²) in [6.45, 7) is 8.81. The molecule has 1 heterocycles. The number of morpholine rings is 1. The topological polar surface area (TPSA) is 119 Å². The number of methoxy groups -OCH3 is 1. The van der Waals surface area contributed by atoms with Crippen LogP contribution in [0.2, 0.25) is 5.02 Å². The molecule has 12 heteroatoms. The van der Waals surface area contributed by atoms with Gasteiger partial charge in [-0.3, -0.25) is 4.79 Å². The van der Waals surface area contributed by atoms with Crippen molar-refractivity contribution in [1.29, 1.82) is 0 Å². The molecule has 0 bridgehead atoms. The van der Waals surface area contributed by atoms with E-state index in [1.807, 2.05) is 57.2 Å². The Morgan fingerprint density at radius 2 is 1.78 bits per heavy atom. The third kappa shape index (κ3) is 12.4.